The lowest BCUT2D eigenvalue weighted by Gasteiger charge is -2.15. The molecule has 0 aliphatic rings. The molecule has 21 heavy (non-hydrogen) atoms. The molecule has 110 valence electrons. The zero-order chi connectivity index (χ0) is 15.1. The molecule has 1 amide bonds. The number of ether oxygens (including phenoxy) is 1. The largest absolute Gasteiger partial charge is 0.445 e. The maximum atomic E-state index is 11.8. The van der Waals surface area contributed by atoms with E-state index in [0.29, 0.717) is 0 Å². The highest BCUT2D eigenvalue weighted by molar-refractivity contribution is 9.10. The van der Waals surface area contributed by atoms with Crippen molar-refractivity contribution in [1.82, 2.24) is 5.32 Å². The average Bonchev–Trinajstić information content (AvgIpc) is 2.48. The Morgan fingerprint density at radius 1 is 1.14 bits per heavy atom. The highest BCUT2D eigenvalue weighted by atomic mass is 79.9. The van der Waals surface area contributed by atoms with Gasteiger partial charge in [-0.05, 0) is 30.5 Å². The Morgan fingerprint density at radius 3 is 2.52 bits per heavy atom. The number of carbonyl (C=O) groups is 1. The van der Waals surface area contributed by atoms with Gasteiger partial charge in [0.1, 0.15) is 6.61 Å². The van der Waals surface area contributed by atoms with Gasteiger partial charge in [0.15, 0.2) is 0 Å². The van der Waals surface area contributed by atoms with Crippen LogP contribution in [0.15, 0.2) is 59.1 Å². The molecule has 0 aromatic heterocycles. The van der Waals surface area contributed by atoms with Gasteiger partial charge in [-0.25, -0.2) is 4.79 Å². The van der Waals surface area contributed by atoms with E-state index in [-0.39, 0.29) is 12.6 Å². The third kappa shape index (κ3) is 5.23. The molecule has 0 spiro atoms. The fourth-order valence-electron chi connectivity index (χ4n) is 2.01. The molecule has 0 radical (unpaired) electrons. The normalized spacial score (nSPS) is 11.7. The summed E-state index contributed by atoms with van der Waals surface area (Å²) in [5.74, 6) is 0. The number of hydrogen-bond acceptors (Lipinski definition) is 2. The second-order valence-corrected chi connectivity index (χ2v) is 5.76. The smallest absolute Gasteiger partial charge is 0.407 e. The van der Waals surface area contributed by atoms with E-state index in [0.717, 1.165) is 22.0 Å². The van der Waals surface area contributed by atoms with Crippen LogP contribution in [0.4, 0.5) is 4.79 Å². The van der Waals surface area contributed by atoms with Gasteiger partial charge in [-0.1, -0.05) is 64.5 Å². The van der Waals surface area contributed by atoms with Crippen molar-refractivity contribution in [2.75, 3.05) is 0 Å². The predicted molar refractivity (Wildman–Crippen MR) is 87.1 cm³/mol. The lowest BCUT2D eigenvalue weighted by molar-refractivity contribution is 0.136. The zero-order valence-electron chi connectivity index (χ0n) is 11.9. The fraction of sp³-hybridized carbons (Fsp3) is 0.235. The number of nitrogens with one attached hydrogen (secondary N) is 1. The number of halogens is 1. The van der Waals surface area contributed by atoms with Gasteiger partial charge in [-0.15, -0.1) is 0 Å². The first-order chi connectivity index (χ1) is 10.1. The van der Waals surface area contributed by atoms with Gasteiger partial charge in [0.2, 0.25) is 0 Å². The molecule has 2 aromatic carbocycles. The maximum Gasteiger partial charge on any atom is 0.407 e. The summed E-state index contributed by atoms with van der Waals surface area (Å²) in [6.45, 7) is 2.25. The minimum absolute atomic E-state index is 0.00646. The van der Waals surface area contributed by atoms with Crippen molar-refractivity contribution in [3.05, 3.63) is 70.2 Å². The predicted octanol–water partition coefficient (Wildman–Crippen LogP) is 4.31. The second kappa shape index (κ2) is 7.84. The maximum absolute atomic E-state index is 11.8. The minimum Gasteiger partial charge on any atom is -0.445 e. The van der Waals surface area contributed by atoms with E-state index in [4.69, 9.17) is 4.74 Å². The number of hydrogen-bond donors (Lipinski definition) is 1. The molecular formula is C17H18BrNO2. The van der Waals surface area contributed by atoms with E-state index in [1.807, 2.05) is 61.5 Å². The Morgan fingerprint density at radius 2 is 1.81 bits per heavy atom. The average molecular weight is 348 g/mol. The summed E-state index contributed by atoms with van der Waals surface area (Å²) < 4.78 is 6.26. The zero-order valence-corrected chi connectivity index (χ0v) is 13.5. The van der Waals surface area contributed by atoms with Crippen LogP contribution in [0.3, 0.4) is 0 Å². The van der Waals surface area contributed by atoms with Crippen LogP contribution in [0.2, 0.25) is 0 Å². The van der Waals surface area contributed by atoms with Crippen LogP contribution in [0.1, 0.15) is 18.1 Å². The van der Waals surface area contributed by atoms with Gasteiger partial charge in [-0.3, -0.25) is 0 Å². The van der Waals surface area contributed by atoms with Crippen molar-refractivity contribution >= 4 is 22.0 Å². The first-order valence-corrected chi connectivity index (χ1v) is 7.65. The summed E-state index contributed by atoms with van der Waals surface area (Å²) in [5.41, 5.74) is 2.14. The Balaban J connectivity index is 1.78. The Kier molecular flexibility index (Phi) is 5.81. The highest BCUT2D eigenvalue weighted by Gasteiger charge is 2.10. The number of carbonyl (C=O) groups excluding carboxylic acids is 1. The lowest BCUT2D eigenvalue weighted by Crippen LogP contribution is -2.34. The Bertz CT molecular complexity index is 586. The third-order valence-corrected chi connectivity index (χ3v) is 3.83. The van der Waals surface area contributed by atoms with Crippen molar-refractivity contribution < 1.29 is 9.53 Å². The quantitative estimate of drug-likeness (QED) is 0.875. The fourth-order valence-corrected chi connectivity index (χ4v) is 2.46. The molecule has 2 aromatic rings. The molecule has 0 saturated heterocycles. The first-order valence-electron chi connectivity index (χ1n) is 6.86. The van der Waals surface area contributed by atoms with Crippen LogP contribution in [0.25, 0.3) is 0 Å². The van der Waals surface area contributed by atoms with Crippen LogP contribution in [-0.2, 0) is 17.8 Å². The standard InChI is InChI=1S/C17H18BrNO2/c1-13(11-15-9-5-6-10-16(15)18)19-17(20)21-12-14-7-3-2-4-8-14/h2-10,13H,11-12H2,1H3,(H,19,20). The highest BCUT2D eigenvalue weighted by Crippen LogP contribution is 2.17. The molecule has 0 bridgehead atoms. The molecule has 4 heteroatoms. The van der Waals surface area contributed by atoms with Gasteiger partial charge in [0, 0.05) is 10.5 Å². The van der Waals surface area contributed by atoms with E-state index in [1.165, 1.54) is 0 Å². The van der Waals surface area contributed by atoms with Crippen molar-refractivity contribution in [1.29, 1.82) is 0 Å². The summed E-state index contributed by atoms with van der Waals surface area (Å²) >= 11 is 3.51. The molecule has 0 saturated carbocycles. The molecule has 0 heterocycles. The number of alkyl carbamates (subject to hydrolysis) is 1. The van der Waals surface area contributed by atoms with Crippen LogP contribution in [-0.4, -0.2) is 12.1 Å². The van der Waals surface area contributed by atoms with Crippen molar-refractivity contribution in [2.24, 2.45) is 0 Å². The van der Waals surface area contributed by atoms with Crippen molar-refractivity contribution in [2.45, 2.75) is 26.0 Å². The number of rotatable bonds is 5. The van der Waals surface area contributed by atoms with Crippen LogP contribution < -0.4 is 5.32 Å². The van der Waals surface area contributed by atoms with Gasteiger partial charge < -0.3 is 10.1 Å². The molecule has 2 rings (SSSR count). The lowest BCUT2D eigenvalue weighted by atomic mass is 10.1. The van der Waals surface area contributed by atoms with Crippen molar-refractivity contribution in [3.63, 3.8) is 0 Å². The van der Waals surface area contributed by atoms with E-state index in [1.54, 1.807) is 0 Å². The minimum atomic E-state index is -0.390. The second-order valence-electron chi connectivity index (χ2n) is 4.90. The van der Waals surface area contributed by atoms with Crippen LogP contribution >= 0.6 is 15.9 Å². The van der Waals surface area contributed by atoms with Gasteiger partial charge in [0.25, 0.3) is 0 Å². The number of amides is 1. The summed E-state index contributed by atoms with van der Waals surface area (Å²) in [7, 11) is 0. The van der Waals surface area contributed by atoms with E-state index in [2.05, 4.69) is 21.2 Å². The summed E-state index contributed by atoms with van der Waals surface area (Å²) in [4.78, 5) is 11.8. The van der Waals surface area contributed by atoms with E-state index in [9.17, 15) is 4.79 Å². The molecule has 1 unspecified atom stereocenters. The number of benzene rings is 2. The summed E-state index contributed by atoms with van der Waals surface area (Å²) in [6, 6.07) is 17.6. The van der Waals surface area contributed by atoms with E-state index >= 15 is 0 Å². The van der Waals surface area contributed by atoms with Gasteiger partial charge in [0.05, 0.1) is 0 Å². The molecule has 0 aliphatic carbocycles. The van der Waals surface area contributed by atoms with E-state index < -0.39 is 6.09 Å². The molecule has 0 fully saturated rings. The van der Waals surface area contributed by atoms with Crippen LogP contribution in [0, 0.1) is 0 Å². The van der Waals surface area contributed by atoms with Crippen molar-refractivity contribution in [3.8, 4) is 0 Å². The Hall–Kier alpha value is -1.81. The molecule has 0 aliphatic heterocycles. The van der Waals surface area contributed by atoms with Crippen LogP contribution in [0.5, 0.6) is 0 Å². The topological polar surface area (TPSA) is 38.3 Å². The molecule has 3 nitrogen and oxygen atoms in total. The monoisotopic (exact) mass is 347 g/mol. The summed E-state index contributed by atoms with van der Waals surface area (Å²) in [5, 5.41) is 2.84. The summed E-state index contributed by atoms with van der Waals surface area (Å²) in [6.07, 6.45) is 0.361. The SMILES string of the molecule is CC(Cc1ccccc1Br)NC(=O)OCc1ccccc1. The molecular weight excluding hydrogens is 330 g/mol. The Labute approximate surface area is 133 Å². The first kappa shape index (κ1) is 15.6. The molecule has 1 atom stereocenters. The van der Waals surface area contributed by atoms with Gasteiger partial charge in [-0.2, -0.15) is 0 Å². The molecule has 1 N–H and O–H groups in total. The van der Waals surface area contributed by atoms with Gasteiger partial charge >= 0.3 is 6.09 Å². The third-order valence-electron chi connectivity index (χ3n) is 3.06.